The molecule has 4 aromatic rings. The van der Waals surface area contributed by atoms with Crippen molar-refractivity contribution < 1.29 is 9.18 Å². The van der Waals surface area contributed by atoms with Crippen LogP contribution < -0.4 is 10.7 Å². The van der Waals surface area contributed by atoms with E-state index in [1.54, 1.807) is 0 Å². The van der Waals surface area contributed by atoms with Crippen molar-refractivity contribution >= 4 is 32.6 Å². The zero-order valence-corrected chi connectivity index (χ0v) is 15.0. The number of hydrogen-bond donors (Lipinski definition) is 1. The Morgan fingerprint density at radius 2 is 2.04 bits per heavy atom. The number of hydrogen-bond acceptors (Lipinski definition) is 5. The van der Waals surface area contributed by atoms with Crippen LogP contribution in [0.5, 0.6) is 0 Å². The molecule has 0 aliphatic rings. The van der Waals surface area contributed by atoms with Crippen molar-refractivity contribution in [2.45, 2.75) is 6.92 Å². The summed E-state index contributed by atoms with van der Waals surface area (Å²) in [6.45, 7) is 1.94. The minimum Gasteiger partial charge on any atom is -0.296 e. The SMILES string of the molecule is Cc1cccc(-n2ccc(=O)c(C(=O)Nc3nc4ccc(F)cc4s3)n2)c1. The quantitative estimate of drug-likeness (QED) is 0.590. The number of rotatable bonds is 3. The molecule has 8 heteroatoms. The number of carbonyl (C=O) groups excluding carboxylic acids is 1. The lowest BCUT2D eigenvalue weighted by atomic mass is 10.2. The molecule has 2 aromatic carbocycles. The van der Waals surface area contributed by atoms with Gasteiger partial charge in [0.15, 0.2) is 10.8 Å². The zero-order valence-electron chi connectivity index (χ0n) is 14.1. The van der Waals surface area contributed by atoms with Crippen molar-refractivity contribution in [1.29, 1.82) is 0 Å². The molecule has 0 atom stereocenters. The summed E-state index contributed by atoms with van der Waals surface area (Å²) in [7, 11) is 0. The highest BCUT2D eigenvalue weighted by Gasteiger charge is 2.16. The number of thiazole rings is 1. The van der Waals surface area contributed by atoms with E-state index in [1.807, 2.05) is 31.2 Å². The number of anilines is 1. The number of nitrogens with zero attached hydrogens (tertiary/aromatic N) is 3. The first-order valence-corrected chi connectivity index (χ1v) is 8.86. The summed E-state index contributed by atoms with van der Waals surface area (Å²) < 4.78 is 15.4. The maximum absolute atomic E-state index is 13.3. The van der Waals surface area contributed by atoms with Crippen molar-refractivity contribution in [3.05, 3.63) is 82.0 Å². The summed E-state index contributed by atoms with van der Waals surface area (Å²) >= 11 is 1.12. The van der Waals surface area contributed by atoms with Gasteiger partial charge in [-0.1, -0.05) is 23.5 Å². The summed E-state index contributed by atoms with van der Waals surface area (Å²) in [4.78, 5) is 28.9. The first-order valence-electron chi connectivity index (χ1n) is 8.04. The first kappa shape index (κ1) is 17.0. The van der Waals surface area contributed by atoms with Crippen molar-refractivity contribution in [1.82, 2.24) is 14.8 Å². The van der Waals surface area contributed by atoms with Gasteiger partial charge in [0.25, 0.3) is 5.91 Å². The van der Waals surface area contributed by atoms with Gasteiger partial charge in [-0.15, -0.1) is 0 Å². The van der Waals surface area contributed by atoms with Crippen LogP contribution in [0.25, 0.3) is 15.9 Å². The van der Waals surface area contributed by atoms with Gasteiger partial charge in [-0.05, 0) is 42.8 Å². The van der Waals surface area contributed by atoms with Gasteiger partial charge in [0.1, 0.15) is 5.82 Å². The molecule has 134 valence electrons. The standard InChI is InChI=1S/C19H13FN4O2S/c1-11-3-2-4-13(9-11)24-8-7-15(25)17(23-24)18(26)22-19-21-14-6-5-12(20)10-16(14)27-19/h2-10H,1H3,(H,21,22,26). The lowest BCUT2D eigenvalue weighted by molar-refractivity contribution is 0.101. The summed E-state index contributed by atoms with van der Waals surface area (Å²) in [5.74, 6) is -1.05. The second-order valence-electron chi connectivity index (χ2n) is 5.90. The van der Waals surface area contributed by atoms with E-state index in [1.165, 1.54) is 35.1 Å². The van der Waals surface area contributed by atoms with E-state index >= 15 is 0 Å². The highest BCUT2D eigenvalue weighted by atomic mass is 32.1. The molecule has 6 nitrogen and oxygen atoms in total. The molecule has 0 saturated heterocycles. The molecule has 0 aliphatic heterocycles. The fraction of sp³-hybridized carbons (Fsp3) is 0.0526. The lowest BCUT2D eigenvalue weighted by Crippen LogP contribution is -2.25. The highest BCUT2D eigenvalue weighted by molar-refractivity contribution is 7.22. The average molecular weight is 380 g/mol. The van der Waals surface area contributed by atoms with E-state index in [0.29, 0.717) is 10.2 Å². The number of aromatic nitrogens is 3. The third-order valence-electron chi connectivity index (χ3n) is 3.86. The summed E-state index contributed by atoms with van der Waals surface area (Å²) in [6, 6.07) is 13.0. The molecule has 1 amide bonds. The van der Waals surface area contributed by atoms with Crippen LogP contribution in [0.15, 0.2) is 59.5 Å². The van der Waals surface area contributed by atoms with E-state index in [-0.39, 0.29) is 16.6 Å². The predicted molar refractivity (Wildman–Crippen MR) is 102 cm³/mol. The van der Waals surface area contributed by atoms with E-state index in [0.717, 1.165) is 22.6 Å². The molecule has 2 aromatic heterocycles. The minimum absolute atomic E-state index is 0.246. The smallest absolute Gasteiger partial charge is 0.281 e. The maximum Gasteiger partial charge on any atom is 0.281 e. The van der Waals surface area contributed by atoms with Crippen molar-refractivity contribution in [2.75, 3.05) is 5.32 Å². The van der Waals surface area contributed by atoms with Crippen LogP contribution in [0.1, 0.15) is 16.1 Å². The molecule has 1 N–H and O–H groups in total. The topological polar surface area (TPSA) is 76.9 Å². The normalized spacial score (nSPS) is 10.9. The Morgan fingerprint density at radius 3 is 2.85 bits per heavy atom. The van der Waals surface area contributed by atoms with E-state index in [9.17, 15) is 14.0 Å². The Hall–Kier alpha value is -3.39. The summed E-state index contributed by atoms with van der Waals surface area (Å²) in [6.07, 6.45) is 1.51. The summed E-state index contributed by atoms with van der Waals surface area (Å²) in [5.41, 5.74) is 1.59. The van der Waals surface area contributed by atoms with Crippen molar-refractivity contribution in [2.24, 2.45) is 0 Å². The van der Waals surface area contributed by atoms with Crippen LogP contribution in [0.2, 0.25) is 0 Å². The number of benzene rings is 2. The average Bonchev–Trinajstić information content (AvgIpc) is 3.03. The van der Waals surface area contributed by atoms with Crippen LogP contribution in [-0.2, 0) is 0 Å². The Morgan fingerprint density at radius 1 is 1.19 bits per heavy atom. The third kappa shape index (κ3) is 3.47. The Bertz CT molecular complexity index is 1230. The van der Waals surface area contributed by atoms with Crippen LogP contribution >= 0.6 is 11.3 Å². The van der Waals surface area contributed by atoms with E-state index in [2.05, 4.69) is 15.4 Å². The van der Waals surface area contributed by atoms with Gasteiger partial charge < -0.3 is 0 Å². The van der Waals surface area contributed by atoms with Gasteiger partial charge in [0, 0.05) is 12.3 Å². The largest absolute Gasteiger partial charge is 0.296 e. The zero-order chi connectivity index (χ0) is 19.0. The Labute approximate surface area is 156 Å². The molecular formula is C19H13FN4O2S. The fourth-order valence-electron chi connectivity index (χ4n) is 2.59. The molecule has 2 heterocycles. The van der Waals surface area contributed by atoms with Crippen LogP contribution in [0, 0.1) is 12.7 Å². The van der Waals surface area contributed by atoms with Gasteiger partial charge in [-0.3, -0.25) is 14.9 Å². The van der Waals surface area contributed by atoms with Crippen molar-refractivity contribution in [3.8, 4) is 5.69 Å². The van der Waals surface area contributed by atoms with Gasteiger partial charge in [0.2, 0.25) is 5.43 Å². The Kier molecular flexibility index (Phi) is 4.25. The Balaban J connectivity index is 1.66. The molecule has 0 bridgehead atoms. The van der Waals surface area contributed by atoms with Gasteiger partial charge in [0.05, 0.1) is 15.9 Å². The van der Waals surface area contributed by atoms with Crippen LogP contribution in [-0.4, -0.2) is 20.7 Å². The van der Waals surface area contributed by atoms with Crippen molar-refractivity contribution in [3.63, 3.8) is 0 Å². The number of halogens is 1. The summed E-state index contributed by atoms with van der Waals surface area (Å²) in [5, 5.41) is 7.00. The van der Waals surface area contributed by atoms with Crippen LogP contribution in [0.4, 0.5) is 9.52 Å². The molecule has 0 aliphatic carbocycles. The van der Waals surface area contributed by atoms with Gasteiger partial charge in [-0.2, -0.15) is 5.10 Å². The molecule has 0 spiro atoms. The maximum atomic E-state index is 13.3. The first-order chi connectivity index (χ1) is 13.0. The van der Waals surface area contributed by atoms with Gasteiger partial charge in [-0.25, -0.2) is 14.1 Å². The molecule has 0 fully saturated rings. The lowest BCUT2D eigenvalue weighted by Gasteiger charge is -2.07. The molecule has 0 saturated carbocycles. The fourth-order valence-corrected chi connectivity index (χ4v) is 3.47. The highest BCUT2D eigenvalue weighted by Crippen LogP contribution is 2.26. The molecular weight excluding hydrogens is 367 g/mol. The van der Waals surface area contributed by atoms with Gasteiger partial charge >= 0.3 is 0 Å². The molecule has 0 radical (unpaired) electrons. The monoisotopic (exact) mass is 380 g/mol. The minimum atomic E-state index is -0.665. The van der Waals surface area contributed by atoms with E-state index in [4.69, 9.17) is 0 Å². The number of nitrogens with one attached hydrogen (secondary N) is 1. The number of fused-ring (bicyclic) bond motifs is 1. The molecule has 27 heavy (non-hydrogen) atoms. The third-order valence-corrected chi connectivity index (χ3v) is 4.79. The van der Waals surface area contributed by atoms with Crippen LogP contribution in [0.3, 0.4) is 0 Å². The van der Waals surface area contributed by atoms with E-state index < -0.39 is 11.3 Å². The molecule has 0 unspecified atom stereocenters. The molecule has 4 rings (SSSR count). The number of amides is 1. The second-order valence-corrected chi connectivity index (χ2v) is 6.93. The second kappa shape index (κ2) is 6.73. The predicted octanol–water partition coefficient (Wildman–Crippen LogP) is 3.54. The number of aryl methyl sites for hydroxylation is 1. The number of carbonyl (C=O) groups is 1.